The zero-order chi connectivity index (χ0) is 14.4. The molecule has 0 aliphatic carbocycles. The van der Waals surface area contributed by atoms with Crippen molar-refractivity contribution in [3.05, 3.63) is 65.7 Å². The van der Waals surface area contributed by atoms with Crippen LogP contribution in [0, 0.1) is 0 Å². The van der Waals surface area contributed by atoms with Crippen LogP contribution in [0.2, 0.25) is 0 Å². The predicted molar refractivity (Wildman–Crippen MR) is 82.8 cm³/mol. The third kappa shape index (κ3) is 3.85. The fourth-order valence-corrected chi connectivity index (χ4v) is 1.99. The molecular weight excluding hydrogens is 248 g/mol. The highest BCUT2D eigenvalue weighted by Gasteiger charge is 2.10. The van der Waals surface area contributed by atoms with E-state index in [1.807, 2.05) is 54.6 Å². The van der Waals surface area contributed by atoms with Crippen molar-refractivity contribution in [3.63, 3.8) is 0 Å². The van der Waals surface area contributed by atoms with Crippen molar-refractivity contribution in [3.8, 4) is 0 Å². The normalized spacial score (nSPS) is 10.3. The molecule has 2 rings (SSSR count). The summed E-state index contributed by atoms with van der Waals surface area (Å²) in [5.41, 5.74) is 2.64. The van der Waals surface area contributed by atoms with Crippen LogP contribution in [0.15, 0.2) is 54.6 Å². The van der Waals surface area contributed by atoms with E-state index in [9.17, 15) is 4.79 Å². The molecule has 1 amide bonds. The van der Waals surface area contributed by atoms with Crippen LogP contribution < -0.4 is 10.6 Å². The van der Waals surface area contributed by atoms with Crippen LogP contribution in [-0.2, 0) is 6.54 Å². The van der Waals surface area contributed by atoms with Crippen LogP contribution in [0.3, 0.4) is 0 Å². The fourth-order valence-electron chi connectivity index (χ4n) is 1.99. The van der Waals surface area contributed by atoms with Gasteiger partial charge in [-0.2, -0.15) is 0 Å². The maximum absolute atomic E-state index is 12.3. The van der Waals surface area contributed by atoms with Gasteiger partial charge in [-0.25, -0.2) is 0 Å². The molecule has 20 heavy (non-hydrogen) atoms. The van der Waals surface area contributed by atoms with E-state index in [1.54, 1.807) is 0 Å². The standard InChI is InChI=1S/C17H20N2O/c1-13(2)19-16-11-7-6-10-15(16)17(20)18-12-14-8-4-3-5-9-14/h3-11,13,19H,12H2,1-2H3,(H,18,20). The zero-order valence-electron chi connectivity index (χ0n) is 11.9. The molecule has 0 saturated heterocycles. The van der Waals surface area contributed by atoms with E-state index < -0.39 is 0 Å². The van der Waals surface area contributed by atoms with Crippen molar-refractivity contribution in [2.24, 2.45) is 0 Å². The highest BCUT2D eigenvalue weighted by Crippen LogP contribution is 2.16. The third-order valence-electron chi connectivity index (χ3n) is 2.91. The van der Waals surface area contributed by atoms with E-state index in [0.717, 1.165) is 11.3 Å². The highest BCUT2D eigenvalue weighted by atomic mass is 16.1. The number of carbonyl (C=O) groups is 1. The Morgan fingerprint density at radius 2 is 1.65 bits per heavy atom. The Morgan fingerprint density at radius 1 is 1.00 bits per heavy atom. The number of hydrogen-bond acceptors (Lipinski definition) is 2. The van der Waals surface area contributed by atoms with Gasteiger partial charge in [-0.1, -0.05) is 42.5 Å². The molecule has 3 nitrogen and oxygen atoms in total. The van der Waals surface area contributed by atoms with E-state index in [1.165, 1.54) is 0 Å². The number of rotatable bonds is 5. The molecule has 2 aromatic carbocycles. The largest absolute Gasteiger partial charge is 0.382 e. The van der Waals surface area contributed by atoms with Gasteiger partial charge in [0.05, 0.1) is 5.56 Å². The van der Waals surface area contributed by atoms with Gasteiger partial charge in [0.15, 0.2) is 0 Å². The lowest BCUT2D eigenvalue weighted by atomic mass is 10.1. The summed E-state index contributed by atoms with van der Waals surface area (Å²) in [6.45, 7) is 4.65. The molecule has 0 atom stereocenters. The number of amides is 1. The molecule has 3 heteroatoms. The second-order valence-electron chi connectivity index (χ2n) is 5.01. The quantitative estimate of drug-likeness (QED) is 0.872. The van der Waals surface area contributed by atoms with E-state index in [0.29, 0.717) is 12.1 Å². The van der Waals surface area contributed by atoms with E-state index in [2.05, 4.69) is 24.5 Å². The average molecular weight is 268 g/mol. The Labute approximate surface area is 120 Å². The first-order valence-electron chi connectivity index (χ1n) is 6.84. The lowest BCUT2D eigenvalue weighted by Gasteiger charge is -2.14. The third-order valence-corrected chi connectivity index (χ3v) is 2.91. The molecule has 0 heterocycles. The van der Waals surface area contributed by atoms with Gasteiger partial charge in [0.2, 0.25) is 0 Å². The maximum atomic E-state index is 12.3. The summed E-state index contributed by atoms with van der Waals surface area (Å²) in [7, 11) is 0. The van der Waals surface area contributed by atoms with Crippen molar-refractivity contribution in [1.29, 1.82) is 0 Å². The first-order chi connectivity index (χ1) is 9.66. The smallest absolute Gasteiger partial charge is 0.253 e. The monoisotopic (exact) mass is 268 g/mol. The minimum Gasteiger partial charge on any atom is -0.382 e. The van der Waals surface area contributed by atoms with Gasteiger partial charge in [0.25, 0.3) is 5.91 Å². The molecule has 0 aliphatic heterocycles. The molecule has 2 aromatic rings. The van der Waals surface area contributed by atoms with E-state index in [4.69, 9.17) is 0 Å². The molecule has 104 valence electrons. The molecule has 0 saturated carbocycles. The summed E-state index contributed by atoms with van der Waals surface area (Å²) < 4.78 is 0. The first-order valence-corrected chi connectivity index (χ1v) is 6.84. The summed E-state index contributed by atoms with van der Waals surface area (Å²) in [5, 5.41) is 6.24. The molecule has 0 aliphatic rings. The maximum Gasteiger partial charge on any atom is 0.253 e. The number of hydrogen-bond donors (Lipinski definition) is 2. The van der Waals surface area contributed by atoms with Crippen LogP contribution in [0.1, 0.15) is 29.8 Å². The second kappa shape index (κ2) is 6.75. The Bertz CT molecular complexity index is 564. The molecule has 0 unspecified atom stereocenters. The number of benzene rings is 2. The van der Waals surface area contributed by atoms with Crippen LogP contribution >= 0.6 is 0 Å². The predicted octanol–water partition coefficient (Wildman–Crippen LogP) is 3.44. The summed E-state index contributed by atoms with van der Waals surface area (Å²) in [6.07, 6.45) is 0. The van der Waals surface area contributed by atoms with Gasteiger partial charge in [0.1, 0.15) is 0 Å². The number of anilines is 1. The van der Waals surface area contributed by atoms with Crippen molar-refractivity contribution in [1.82, 2.24) is 5.32 Å². The summed E-state index contributed by atoms with van der Waals surface area (Å²) in [5.74, 6) is -0.0578. The molecule has 2 N–H and O–H groups in total. The van der Waals surface area contributed by atoms with Gasteiger partial charge < -0.3 is 10.6 Å². The van der Waals surface area contributed by atoms with Crippen molar-refractivity contribution in [2.75, 3.05) is 5.32 Å². The lowest BCUT2D eigenvalue weighted by Crippen LogP contribution is -2.24. The molecule has 0 radical (unpaired) electrons. The van der Waals surface area contributed by atoms with Crippen LogP contribution in [0.25, 0.3) is 0 Å². The SMILES string of the molecule is CC(C)Nc1ccccc1C(=O)NCc1ccccc1. The van der Waals surface area contributed by atoms with Crippen LogP contribution in [0.5, 0.6) is 0 Å². The molecule has 0 aromatic heterocycles. The number of para-hydroxylation sites is 1. The summed E-state index contributed by atoms with van der Waals surface area (Å²) >= 11 is 0. The first kappa shape index (κ1) is 14.1. The topological polar surface area (TPSA) is 41.1 Å². The van der Waals surface area contributed by atoms with Gasteiger partial charge in [-0.15, -0.1) is 0 Å². The Hall–Kier alpha value is -2.29. The minimum absolute atomic E-state index is 0.0578. The summed E-state index contributed by atoms with van der Waals surface area (Å²) in [6, 6.07) is 17.8. The summed E-state index contributed by atoms with van der Waals surface area (Å²) in [4.78, 5) is 12.3. The van der Waals surface area contributed by atoms with Gasteiger partial charge in [-0.3, -0.25) is 4.79 Å². The Kier molecular flexibility index (Phi) is 4.77. The Morgan fingerprint density at radius 3 is 2.35 bits per heavy atom. The second-order valence-corrected chi connectivity index (χ2v) is 5.01. The van der Waals surface area contributed by atoms with Gasteiger partial charge in [-0.05, 0) is 31.5 Å². The van der Waals surface area contributed by atoms with Crippen molar-refractivity contribution >= 4 is 11.6 Å². The van der Waals surface area contributed by atoms with Gasteiger partial charge in [0, 0.05) is 18.3 Å². The number of nitrogens with one attached hydrogen (secondary N) is 2. The fraction of sp³-hybridized carbons (Fsp3) is 0.235. The molecule has 0 bridgehead atoms. The van der Waals surface area contributed by atoms with Crippen molar-refractivity contribution < 1.29 is 4.79 Å². The molecule has 0 fully saturated rings. The number of carbonyl (C=O) groups excluding carboxylic acids is 1. The zero-order valence-corrected chi connectivity index (χ0v) is 11.9. The molecule has 0 spiro atoms. The average Bonchev–Trinajstić information content (AvgIpc) is 2.46. The minimum atomic E-state index is -0.0578. The highest BCUT2D eigenvalue weighted by molar-refractivity contribution is 5.99. The molecular formula is C17H20N2O. The van der Waals surface area contributed by atoms with E-state index >= 15 is 0 Å². The lowest BCUT2D eigenvalue weighted by molar-refractivity contribution is 0.0951. The Balaban J connectivity index is 2.05. The van der Waals surface area contributed by atoms with Crippen molar-refractivity contribution in [2.45, 2.75) is 26.4 Å². The van der Waals surface area contributed by atoms with Crippen LogP contribution in [0.4, 0.5) is 5.69 Å². The van der Waals surface area contributed by atoms with Gasteiger partial charge >= 0.3 is 0 Å². The van der Waals surface area contributed by atoms with Crippen LogP contribution in [-0.4, -0.2) is 11.9 Å². The van der Waals surface area contributed by atoms with E-state index in [-0.39, 0.29) is 11.9 Å².